The van der Waals surface area contributed by atoms with E-state index in [-0.39, 0.29) is 24.8 Å². The van der Waals surface area contributed by atoms with Crippen LogP contribution in [-0.4, -0.2) is 18.5 Å². The first-order chi connectivity index (χ1) is 12.7. The molecule has 0 saturated carbocycles. The normalized spacial score (nSPS) is 10.7. The summed E-state index contributed by atoms with van der Waals surface area (Å²) >= 11 is 0. The molecule has 0 N–H and O–H groups in total. The molecule has 0 aliphatic rings. The van der Waals surface area contributed by atoms with Crippen LogP contribution in [0.1, 0.15) is 58.3 Å². The fraction of sp³-hybridized carbons (Fsp3) is 0.455. The van der Waals surface area contributed by atoms with E-state index in [2.05, 4.69) is 6.92 Å². The lowest BCUT2D eigenvalue weighted by Gasteiger charge is -2.08. The highest BCUT2D eigenvalue weighted by Gasteiger charge is 2.10. The Morgan fingerprint density at radius 2 is 1.54 bits per heavy atom. The molecule has 0 aliphatic heterocycles. The van der Waals surface area contributed by atoms with Crippen LogP contribution in [0.5, 0.6) is 5.75 Å². The highest BCUT2D eigenvalue weighted by Crippen LogP contribution is 2.25. The number of rotatable bonds is 11. The Kier molecular flexibility index (Phi) is 8.67. The van der Waals surface area contributed by atoms with Crippen LogP contribution < -0.4 is 4.74 Å². The fourth-order valence-electron chi connectivity index (χ4n) is 2.80. The van der Waals surface area contributed by atoms with Gasteiger partial charge in [-0.15, -0.1) is 0 Å². The number of benzene rings is 2. The SMILES string of the molecule is CCCCCCCOC(=O)CCCC(=O)Oc1cccc2ccccc12. The Labute approximate surface area is 155 Å². The third-order valence-electron chi connectivity index (χ3n) is 4.25. The molecule has 0 atom stereocenters. The highest BCUT2D eigenvalue weighted by atomic mass is 16.5. The molecule has 4 heteroatoms. The number of unbranched alkanes of at least 4 members (excludes halogenated alkanes) is 4. The molecule has 0 unspecified atom stereocenters. The molecule has 26 heavy (non-hydrogen) atoms. The topological polar surface area (TPSA) is 52.6 Å². The van der Waals surface area contributed by atoms with Gasteiger partial charge in [-0.25, -0.2) is 0 Å². The van der Waals surface area contributed by atoms with Crippen molar-refractivity contribution in [2.24, 2.45) is 0 Å². The third-order valence-corrected chi connectivity index (χ3v) is 4.25. The van der Waals surface area contributed by atoms with Crippen molar-refractivity contribution in [3.8, 4) is 5.75 Å². The zero-order valence-corrected chi connectivity index (χ0v) is 15.5. The van der Waals surface area contributed by atoms with Crippen molar-refractivity contribution in [1.82, 2.24) is 0 Å². The molecule has 0 radical (unpaired) electrons. The summed E-state index contributed by atoms with van der Waals surface area (Å²) in [6.07, 6.45) is 6.52. The van der Waals surface area contributed by atoms with E-state index in [9.17, 15) is 9.59 Å². The summed E-state index contributed by atoms with van der Waals surface area (Å²) < 4.78 is 10.6. The van der Waals surface area contributed by atoms with Crippen molar-refractivity contribution in [1.29, 1.82) is 0 Å². The molecule has 0 aromatic heterocycles. The minimum atomic E-state index is -0.325. The van der Waals surface area contributed by atoms with Crippen LogP contribution >= 0.6 is 0 Å². The number of ether oxygens (including phenoxy) is 2. The van der Waals surface area contributed by atoms with E-state index in [4.69, 9.17) is 9.47 Å². The quantitative estimate of drug-likeness (QED) is 0.306. The second-order valence-corrected chi connectivity index (χ2v) is 6.44. The molecular formula is C22H28O4. The molecule has 0 saturated heterocycles. The summed E-state index contributed by atoms with van der Waals surface area (Å²) in [5.41, 5.74) is 0. The average molecular weight is 356 g/mol. The summed E-state index contributed by atoms with van der Waals surface area (Å²) in [4.78, 5) is 23.7. The third kappa shape index (κ3) is 6.87. The zero-order chi connectivity index (χ0) is 18.6. The predicted octanol–water partition coefficient (Wildman–Crippen LogP) is 5.43. The lowest BCUT2D eigenvalue weighted by atomic mass is 10.1. The first kappa shape index (κ1) is 20.0. The molecule has 0 bridgehead atoms. The zero-order valence-electron chi connectivity index (χ0n) is 15.5. The van der Waals surface area contributed by atoms with E-state index in [1.807, 2.05) is 36.4 Å². The Hall–Kier alpha value is -2.36. The number of hydrogen-bond donors (Lipinski definition) is 0. The highest BCUT2D eigenvalue weighted by molar-refractivity contribution is 5.90. The van der Waals surface area contributed by atoms with Crippen molar-refractivity contribution in [2.45, 2.75) is 58.3 Å². The van der Waals surface area contributed by atoms with Gasteiger partial charge in [0, 0.05) is 18.2 Å². The molecule has 2 aromatic carbocycles. The molecule has 0 heterocycles. The van der Waals surface area contributed by atoms with Crippen LogP contribution in [0.3, 0.4) is 0 Å². The maximum absolute atomic E-state index is 12.0. The van der Waals surface area contributed by atoms with Crippen LogP contribution in [0.4, 0.5) is 0 Å². The smallest absolute Gasteiger partial charge is 0.311 e. The van der Waals surface area contributed by atoms with Gasteiger partial charge in [0.15, 0.2) is 0 Å². The van der Waals surface area contributed by atoms with Gasteiger partial charge in [0.05, 0.1) is 6.61 Å². The van der Waals surface area contributed by atoms with Crippen LogP contribution in [-0.2, 0) is 14.3 Å². The standard InChI is InChI=1S/C22H28O4/c1-2-3-4-5-8-17-25-21(23)15-10-16-22(24)26-20-14-9-12-18-11-6-7-13-19(18)20/h6-7,9,11-14H,2-5,8,10,15-17H2,1H3. The molecule has 0 amide bonds. The van der Waals surface area contributed by atoms with Gasteiger partial charge < -0.3 is 9.47 Å². The van der Waals surface area contributed by atoms with Gasteiger partial charge in [-0.05, 0) is 24.3 Å². The average Bonchev–Trinajstić information content (AvgIpc) is 2.65. The molecule has 0 spiro atoms. The monoisotopic (exact) mass is 356 g/mol. The molecule has 2 rings (SSSR count). The van der Waals surface area contributed by atoms with Gasteiger partial charge >= 0.3 is 11.9 Å². The first-order valence-electron chi connectivity index (χ1n) is 9.54. The van der Waals surface area contributed by atoms with Gasteiger partial charge in [0.25, 0.3) is 0 Å². The molecule has 2 aromatic rings. The second kappa shape index (κ2) is 11.3. The van der Waals surface area contributed by atoms with Gasteiger partial charge in [-0.1, -0.05) is 69.0 Å². The number of fused-ring (bicyclic) bond motifs is 1. The van der Waals surface area contributed by atoms with Gasteiger partial charge in [-0.3, -0.25) is 9.59 Å². The molecule has 0 fully saturated rings. The van der Waals surface area contributed by atoms with Crippen LogP contribution in [0.2, 0.25) is 0 Å². The largest absolute Gasteiger partial charge is 0.466 e. The number of hydrogen-bond acceptors (Lipinski definition) is 4. The second-order valence-electron chi connectivity index (χ2n) is 6.44. The summed E-state index contributed by atoms with van der Waals surface area (Å²) in [7, 11) is 0. The van der Waals surface area contributed by atoms with E-state index in [1.54, 1.807) is 6.07 Å². The van der Waals surface area contributed by atoms with Crippen molar-refractivity contribution in [2.75, 3.05) is 6.61 Å². The Morgan fingerprint density at radius 1 is 0.808 bits per heavy atom. The molecular weight excluding hydrogens is 328 g/mol. The minimum absolute atomic E-state index is 0.203. The Morgan fingerprint density at radius 3 is 2.38 bits per heavy atom. The maximum atomic E-state index is 12.0. The van der Waals surface area contributed by atoms with Crippen molar-refractivity contribution >= 4 is 22.7 Å². The fourth-order valence-corrected chi connectivity index (χ4v) is 2.80. The van der Waals surface area contributed by atoms with Gasteiger partial charge in [-0.2, -0.15) is 0 Å². The van der Waals surface area contributed by atoms with Crippen molar-refractivity contribution < 1.29 is 19.1 Å². The van der Waals surface area contributed by atoms with E-state index in [0.29, 0.717) is 18.8 Å². The predicted molar refractivity (Wildman–Crippen MR) is 103 cm³/mol. The maximum Gasteiger partial charge on any atom is 0.311 e. The van der Waals surface area contributed by atoms with E-state index in [0.717, 1.165) is 23.6 Å². The van der Waals surface area contributed by atoms with Gasteiger partial charge in [0.1, 0.15) is 5.75 Å². The van der Waals surface area contributed by atoms with E-state index >= 15 is 0 Å². The molecule has 4 nitrogen and oxygen atoms in total. The van der Waals surface area contributed by atoms with Crippen molar-refractivity contribution in [3.05, 3.63) is 42.5 Å². The van der Waals surface area contributed by atoms with E-state index < -0.39 is 0 Å². The van der Waals surface area contributed by atoms with Crippen LogP contribution in [0.15, 0.2) is 42.5 Å². The first-order valence-corrected chi connectivity index (χ1v) is 9.54. The number of carbonyl (C=O) groups excluding carboxylic acids is 2. The summed E-state index contributed by atoms with van der Waals surface area (Å²) in [5, 5.41) is 1.94. The lowest BCUT2D eigenvalue weighted by Crippen LogP contribution is -2.10. The van der Waals surface area contributed by atoms with Crippen molar-refractivity contribution in [3.63, 3.8) is 0 Å². The summed E-state index contributed by atoms with van der Waals surface area (Å²) in [5.74, 6) is -0.00470. The summed E-state index contributed by atoms with van der Waals surface area (Å²) in [6, 6.07) is 13.4. The Balaban J connectivity index is 1.65. The van der Waals surface area contributed by atoms with Crippen LogP contribution in [0.25, 0.3) is 10.8 Å². The number of carbonyl (C=O) groups is 2. The van der Waals surface area contributed by atoms with Crippen LogP contribution in [0, 0.1) is 0 Å². The Bertz CT molecular complexity index is 703. The summed E-state index contributed by atoms with van der Waals surface area (Å²) in [6.45, 7) is 2.65. The minimum Gasteiger partial charge on any atom is -0.466 e. The lowest BCUT2D eigenvalue weighted by molar-refractivity contribution is -0.144. The number of esters is 2. The van der Waals surface area contributed by atoms with E-state index in [1.165, 1.54) is 19.3 Å². The molecule has 140 valence electrons. The van der Waals surface area contributed by atoms with Gasteiger partial charge in [0.2, 0.25) is 0 Å². The molecule has 0 aliphatic carbocycles.